The van der Waals surface area contributed by atoms with E-state index in [0.29, 0.717) is 24.0 Å². The van der Waals surface area contributed by atoms with Crippen LogP contribution in [-0.4, -0.2) is 34.0 Å². The van der Waals surface area contributed by atoms with Crippen LogP contribution in [0.5, 0.6) is 0 Å². The van der Waals surface area contributed by atoms with Gasteiger partial charge in [0.05, 0.1) is 11.5 Å². The summed E-state index contributed by atoms with van der Waals surface area (Å²) in [7, 11) is 0. The van der Waals surface area contributed by atoms with Gasteiger partial charge in [-0.3, -0.25) is 24.8 Å². The summed E-state index contributed by atoms with van der Waals surface area (Å²) in [6.45, 7) is 0.930. The van der Waals surface area contributed by atoms with Crippen LogP contribution in [0.25, 0.3) is 0 Å². The number of amidine groups is 1. The second-order valence-electron chi connectivity index (χ2n) is 5.34. The van der Waals surface area contributed by atoms with Gasteiger partial charge in [-0.05, 0) is 23.8 Å². The number of carbonyl (C=O) groups is 1. The van der Waals surface area contributed by atoms with Gasteiger partial charge in [-0.25, -0.2) is 4.39 Å². The molecule has 128 valence electrons. The van der Waals surface area contributed by atoms with Crippen molar-refractivity contribution in [2.24, 2.45) is 4.99 Å². The second-order valence-corrected chi connectivity index (χ2v) is 6.29. The Balaban J connectivity index is 1.70. The number of nitrogens with zero attached hydrogens (tertiary/aromatic N) is 3. The van der Waals surface area contributed by atoms with Gasteiger partial charge in [0.15, 0.2) is 5.17 Å². The molecule has 0 aliphatic carbocycles. The van der Waals surface area contributed by atoms with Crippen molar-refractivity contribution < 1.29 is 14.1 Å². The first-order chi connectivity index (χ1) is 12.0. The number of hydrogen-bond acceptors (Lipinski definition) is 5. The van der Waals surface area contributed by atoms with E-state index in [1.807, 2.05) is 0 Å². The Hall–Kier alpha value is -2.74. The first-order valence-electron chi connectivity index (χ1n) is 7.52. The molecular weight excluding hydrogens is 345 g/mol. The average Bonchev–Trinajstić information content (AvgIpc) is 3.09. The first-order valence-corrected chi connectivity index (χ1v) is 8.51. The Morgan fingerprint density at radius 2 is 2.04 bits per heavy atom. The Morgan fingerprint density at radius 1 is 1.28 bits per heavy atom. The molecule has 0 saturated heterocycles. The molecule has 0 unspecified atom stereocenters. The molecule has 0 spiro atoms. The van der Waals surface area contributed by atoms with Gasteiger partial charge >= 0.3 is 0 Å². The van der Waals surface area contributed by atoms with Crippen LogP contribution in [0.1, 0.15) is 15.9 Å². The third-order valence-electron chi connectivity index (χ3n) is 3.63. The minimum absolute atomic E-state index is 0.123. The van der Waals surface area contributed by atoms with E-state index < -0.39 is 4.92 Å². The standard InChI is InChI=1S/C17H14FN3O3S/c18-14-6-4-12(5-7-14)11-25-17-19-8-9-20(17)16(22)13-2-1-3-15(10-13)21(23)24/h1-7,10H,8-9,11H2. The van der Waals surface area contributed by atoms with E-state index in [1.165, 1.54) is 47.0 Å². The molecule has 2 aromatic rings. The van der Waals surface area contributed by atoms with E-state index >= 15 is 0 Å². The number of amides is 1. The number of halogens is 1. The number of aliphatic imine (C=N–C) groups is 1. The molecule has 1 amide bonds. The fourth-order valence-corrected chi connectivity index (χ4v) is 3.38. The van der Waals surface area contributed by atoms with Crippen molar-refractivity contribution in [2.75, 3.05) is 13.1 Å². The van der Waals surface area contributed by atoms with Crippen LogP contribution in [0.2, 0.25) is 0 Å². The Morgan fingerprint density at radius 3 is 2.76 bits per heavy atom. The summed E-state index contributed by atoms with van der Waals surface area (Å²) in [4.78, 5) is 28.8. The lowest BCUT2D eigenvalue weighted by Gasteiger charge is -2.17. The summed E-state index contributed by atoms with van der Waals surface area (Å²) in [5.41, 5.74) is 1.05. The molecule has 1 heterocycles. The van der Waals surface area contributed by atoms with Gasteiger partial charge in [0.2, 0.25) is 0 Å². The molecule has 0 fully saturated rings. The Bertz CT molecular complexity index is 839. The number of thioether (sulfide) groups is 1. The molecule has 1 aliphatic heterocycles. The number of nitro benzene ring substituents is 1. The van der Waals surface area contributed by atoms with Crippen molar-refractivity contribution in [2.45, 2.75) is 5.75 Å². The summed E-state index contributed by atoms with van der Waals surface area (Å²) in [6.07, 6.45) is 0. The van der Waals surface area contributed by atoms with Crippen molar-refractivity contribution in [1.29, 1.82) is 0 Å². The lowest BCUT2D eigenvalue weighted by molar-refractivity contribution is -0.384. The third kappa shape index (κ3) is 4.03. The molecule has 0 aromatic heterocycles. The summed E-state index contributed by atoms with van der Waals surface area (Å²) in [5, 5.41) is 11.4. The zero-order valence-electron chi connectivity index (χ0n) is 13.1. The van der Waals surface area contributed by atoms with Gasteiger partial charge in [-0.2, -0.15) is 0 Å². The summed E-state index contributed by atoms with van der Waals surface area (Å²) in [5.74, 6) is -0.0568. The second kappa shape index (κ2) is 7.43. The van der Waals surface area contributed by atoms with E-state index in [0.717, 1.165) is 5.56 Å². The van der Waals surface area contributed by atoms with Gasteiger partial charge in [-0.15, -0.1) is 0 Å². The maximum atomic E-state index is 12.9. The van der Waals surface area contributed by atoms with Crippen molar-refractivity contribution in [1.82, 2.24) is 4.90 Å². The van der Waals surface area contributed by atoms with Gasteiger partial charge in [0, 0.05) is 30.0 Å². The highest BCUT2D eigenvalue weighted by molar-refractivity contribution is 8.13. The highest BCUT2D eigenvalue weighted by Gasteiger charge is 2.26. The molecule has 1 aliphatic rings. The van der Waals surface area contributed by atoms with Crippen LogP contribution in [0, 0.1) is 15.9 Å². The normalized spacial score (nSPS) is 13.6. The Labute approximate surface area is 147 Å². The van der Waals surface area contributed by atoms with E-state index in [9.17, 15) is 19.3 Å². The topological polar surface area (TPSA) is 75.8 Å². The average molecular weight is 359 g/mol. The van der Waals surface area contributed by atoms with Crippen LogP contribution in [0.3, 0.4) is 0 Å². The minimum atomic E-state index is -0.529. The summed E-state index contributed by atoms with van der Waals surface area (Å²) >= 11 is 1.38. The van der Waals surface area contributed by atoms with Crippen molar-refractivity contribution in [3.63, 3.8) is 0 Å². The van der Waals surface area contributed by atoms with Crippen molar-refractivity contribution >= 4 is 28.5 Å². The molecule has 8 heteroatoms. The fourth-order valence-electron chi connectivity index (χ4n) is 2.38. The van der Waals surface area contributed by atoms with Gasteiger partial charge in [0.25, 0.3) is 11.6 Å². The molecule has 25 heavy (non-hydrogen) atoms. The van der Waals surface area contributed by atoms with Crippen LogP contribution >= 0.6 is 11.8 Å². The van der Waals surface area contributed by atoms with Crippen LogP contribution < -0.4 is 0 Å². The van der Waals surface area contributed by atoms with E-state index in [4.69, 9.17) is 0 Å². The smallest absolute Gasteiger partial charge is 0.270 e. The lowest BCUT2D eigenvalue weighted by Crippen LogP contribution is -2.32. The summed E-state index contributed by atoms with van der Waals surface area (Å²) in [6, 6.07) is 11.8. The van der Waals surface area contributed by atoms with E-state index in [2.05, 4.69) is 4.99 Å². The SMILES string of the molecule is O=C(c1cccc([N+](=O)[O-])c1)N1CCN=C1SCc1ccc(F)cc1. The molecule has 2 aromatic carbocycles. The summed E-state index contributed by atoms with van der Waals surface area (Å²) < 4.78 is 12.9. The lowest BCUT2D eigenvalue weighted by atomic mass is 10.2. The first kappa shape index (κ1) is 17.1. The molecule has 0 bridgehead atoms. The van der Waals surface area contributed by atoms with Gasteiger partial charge < -0.3 is 0 Å². The van der Waals surface area contributed by atoms with Gasteiger partial charge in [-0.1, -0.05) is 30.0 Å². The third-order valence-corrected chi connectivity index (χ3v) is 4.72. The number of nitro groups is 1. The van der Waals surface area contributed by atoms with Crippen molar-refractivity contribution in [3.8, 4) is 0 Å². The number of carbonyl (C=O) groups excluding carboxylic acids is 1. The minimum Gasteiger partial charge on any atom is -0.286 e. The van der Waals surface area contributed by atoms with Crippen molar-refractivity contribution in [3.05, 3.63) is 75.6 Å². The Kier molecular flexibility index (Phi) is 5.08. The number of benzene rings is 2. The monoisotopic (exact) mass is 359 g/mol. The zero-order chi connectivity index (χ0) is 17.8. The van der Waals surface area contributed by atoms with Crippen LogP contribution in [-0.2, 0) is 5.75 Å². The zero-order valence-corrected chi connectivity index (χ0v) is 13.9. The number of rotatable bonds is 4. The molecule has 0 N–H and O–H groups in total. The van der Waals surface area contributed by atoms with Crippen LogP contribution in [0.4, 0.5) is 10.1 Å². The predicted molar refractivity (Wildman–Crippen MR) is 94.1 cm³/mol. The molecule has 0 radical (unpaired) electrons. The molecule has 0 saturated carbocycles. The largest absolute Gasteiger partial charge is 0.286 e. The van der Waals surface area contributed by atoms with E-state index in [-0.39, 0.29) is 23.0 Å². The quantitative estimate of drug-likeness (QED) is 0.619. The maximum absolute atomic E-state index is 12.9. The predicted octanol–water partition coefficient (Wildman–Crippen LogP) is 3.48. The number of hydrogen-bond donors (Lipinski definition) is 0. The molecule has 0 atom stereocenters. The molecule has 3 rings (SSSR count). The fraction of sp³-hybridized carbons (Fsp3) is 0.176. The highest BCUT2D eigenvalue weighted by atomic mass is 32.2. The number of non-ortho nitro benzene ring substituents is 1. The molecule has 6 nitrogen and oxygen atoms in total. The van der Waals surface area contributed by atoms with E-state index in [1.54, 1.807) is 18.2 Å². The van der Waals surface area contributed by atoms with Gasteiger partial charge in [0.1, 0.15) is 5.82 Å². The highest BCUT2D eigenvalue weighted by Crippen LogP contribution is 2.23. The maximum Gasteiger partial charge on any atom is 0.270 e. The van der Waals surface area contributed by atoms with Crippen LogP contribution in [0.15, 0.2) is 53.5 Å². The molecular formula is C17H14FN3O3S.